The zero-order valence-corrected chi connectivity index (χ0v) is 8.42. The molecule has 72 valence electrons. The fourth-order valence-electron chi connectivity index (χ4n) is 1.32. The number of hydrogen-bond acceptors (Lipinski definition) is 2. The normalized spacial score (nSPS) is 19.1. The van der Waals surface area contributed by atoms with Gasteiger partial charge in [-0.25, -0.2) is 9.79 Å². The van der Waals surface area contributed by atoms with Crippen molar-refractivity contribution in [1.82, 2.24) is 4.90 Å². The van der Waals surface area contributed by atoms with Crippen LogP contribution in [0.5, 0.6) is 0 Å². The minimum Gasteiger partial charge on any atom is -0.274 e. The summed E-state index contributed by atoms with van der Waals surface area (Å²) in [5.41, 5.74) is 0.119. The van der Waals surface area contributed by atoms with E-state index in [0.29, 0.717) is 5.71 Å². The number of carbonyl (C=O) groups excluding carboxylic acids is 2. The predicted octanol–water partition coefficient (Wildman–Crippen LogP) is 1.60. The highest BCUT2D eigenvalue weighted by Gasteiger charge is 2.35. The number of aliphatic imine (C=N–C) groups is 1. The lowest BCUT2D eigenvalue weighted by molar-refractivity contribution is -0.130. The van der Waals surface area contributed by atoms with Crippen LogP contribution in [0.15, 0.2) is 4.99 Å². The predicted molar refractivity (Wildman–Crippen MR) is 49.7 cm³/mol. The van der Waals surface area contributed by atoms with E-state index in [0.717, 1.165) is 0 Å². The van der Waals surface area contributed by atoms with Gasteiger partial charge in [0.15, 0.2) is 0 Å². The van der Waals surface area contributed by atoms with Crippen molar-refractivity contribution in [2.75, 3.05) is 0 Å². The zero-order chi connectivity index (χ0) is 10.2. The molecule has 4 nitrogen and oxygen atoms in total. The Labute approximate surface area is 77.6 Å². The molecule has 0 aromatic carbocycles. The SMILES string of the molecule is CC1=NC(=O)N(C(C)(C)C)C(=O)C1. The van der Waals surface area contributed by atoms with Crippen LogP contribution in [-0.2, 0) is 4.79 Å². The molecule has 0 aromatic rings. The first-order valence-corrected chi connectivity index (χ1v) is 4.23. The van der Waals surface area contributed by atoms with Gasteiger partial charge in [-0.05, 0) is 27.7 Å². The summed E-state index contributed by atoms with van der Waals surface area (Å²) >= 11 is 0. The summed E-state index contributed by atoms with van der Waals surface area (Å²) in [6.45, 7) is 7.15. The molecule has 0 atom stereocenters. The quantitative estimate of drug-likeness (QED) is 0.571. The van der Waals surface area contributed by atoms with E-state index in [-0.39, 0.29) is 12.3 Å². The Bertz CT molecular complexity index is 286. The summed E-state index contributed by atoms with van der Waals surface area (Å²) in [7, 11) is 0. The van der Waals surface area contributed by atoms with Crippen LogP contribution in [-0.4, -0.2) is 28.1 Å². The molecule has 0 saturated carbocycles. The highest BCUT2D eigenvalue weighted by molar-refractivity contribution is 6.13. The molecule has 1 aliphatic rings. The van der Waals surface area contributed by atoms with Gasteiger partial charge >= 0.3 is 6.03 Å². The van der Waals surface area contributed by atoms with Gasteiger partial charge in [0.2, 0.25) is 5.91 Å². The maximum absolute atomic E-state index is 11.5. The highest BCUT2D eigenvalue weighted by atomic mass is 16.2. The molecule has 4 heteroatoms. The van der Waals surface area contributed by atoms with Gasteiger partial charge in [0.1, 0.15) is 0 Å². The molecule has 13 heavy (non-hydrogen) atoms. The van der Waals surface area contributed by atoms with Crippen molar-refractivity contribution in [3.8, 4) is 0 Å². The molecule has 0 radical (unpaired) electrons. The van der Waals surface area contributed by atoms with E-state index >= 15 is 0 Å². The highest BCUT2D eigenvalue weighted by Crippen LogP contribution is 2.19. The van der Waals surface area contributed by atoms with Crippen molar-refractivity contribution < 1.29 is 9.59 Å². The van der Waals surface area contributed by atoms with Gasteiger partial charge in [0, 0.05) is 11.3 Å². The lowest BCUT2D eigenvalue weighted by Gasteiger charge is -2.34. The standard InChI is InChI=1S/C9H14N2O2/c1-6-5-7(12)11(8(13)10-6)9(2,3)4/h5H2,1-4H3. The fraction of sp³-hybridized carbons (Fsp3) is 0.667. The smallest absolute Gasteiger partial charge is 0.274 e. The van der Waals surface area contributed by atoms with Gasteiger partial charge in [-0.2, -0.15) is 0 Å². The maximum Gasteiger partial charge on any atom is 0.350 e. The van der Waals surface area contributed by atoms with Crippen molar-refractivity contribution in [2.24, 2.45) is 4.99 Å². The molecule has 0 aromatic heterocycles. The molecule has 0 saturated heterocycles. The van der Waals surface area contributed by atoms with Crippen LogP contribution in [0.1, 0.15) is 34.1 Å². The van der Waals surface area contributed by atoms with E-state index in [1.54, 1.807) is 6.92 Å². The van der Waals surface area contributed by atoms with E-state index in [1.807, 2.05) is 20.8 Å². The fourth-order valence-corrected chi connectivity index (χ4v) is 1.32. The number of imide groups is 1. The first-order valence-electron chi connectivity index (χ1n) is 4.23. The largest absolute Gasteiger partial charge is 0.350 e. The van der Waals surface area contributed by atoms with E-state index in [2.05, 4.69) is 4.99 Å². The second-order valence-electron chi connectivity index (χ2n) is 4.21. The first-order chi connectivity index (χ1) is 5.82. The summed E-state index contributed by atoms with van der Waals surface area (Å²) < 4.78 is 0. The summed E-state index contributed by atoms with van der Waals surface area (Å²) in [6, 6.07) is -0.443. The van der Waals surface area contributed by atoms with Gasteiger partial charge < -0.3 is 0 Å². The van der Waals surface area contributed by atoms with Crippen LogP contribution in [0.3, 0.4) is 0 Å². The van der Waals surface area contributed by atoms with Crippen LogP contribution in [0.4, 0.5) is 4.79 Å². The Morgan fingerprint density at radius 2 is 1.85 bits per heavy atom. The molecular weight excluding hydrogens is 168 g/mol. The maximum atomic E-state index is 11.5. The van der Waals surface area contributed by atoms with Crippen LogP contribution in [0, 0.1) is 0 Å². The zero-order valence-electron chi connectivity index (χ0n) is 8.42. The van der Waals surface area contributed by atoms with E-state index in [4.69, 9.17) is 0 Å². The molecule has 0 aliphatic carbocycles. The van der Waals surface area contributed by atoms with Crippen LogP contribution < -0.4 is 0 Å². The topological polar surface area (TPSA) is 49.7 Å². The minimum atomic E-state index is -0.474. The Morgan fingerprint density at radius 3 is 2.23 bits per heavy atom. The van der Waals surface area contributed by atoms with Crippen molar-refractivity contribution in [3.05, 3.63) is 0 Å². The van der Waals surface area contributed by atoms with Gasteiger partial charge in [-0.15, -0.1) is 0 Å². The van der Waals surface area contributed by atoms with Crippen LogP contribution in [0.2, 0.25) is 0 Å². The second-order valence-corrected chi connectivity index (χ2v) is 4.21. The number of hydrogen-bond donors (Lipinski definition) is 0. The summed E-state index contributed by atoms with van der Waals surface area (Å²) in [4.78, 5) is 27.8. The van der Waals surface area contributed by atoms with Gasteiger partial charge in [0.25, 0.3) is 0 Å². The van der Waals surface area contributed by atoms with Crippen LogP contribution >= 0.6 is 0 Å². The summed E-state index contributed by atoms with van der Waals surface area (Å²) in [5, 5.41) is 0. The van der Waals surface area contributed by atoms with E-state index in [9.17, 15) is 9.59 Å². The van der Waals surface area contributed by atoms with Gasteiger partial charge in [-0.1, -0.05) is 0 Å². The molecule has 1 aliphatic heterocycles. The average Bonchev–Trinajstić information content (AvgIpc) is 1.78. The molecule has 3 amide bonds. The number of nitrogens with zero attached hydrogens (tertiary/aromatic N) is 2. The van der Waals surface area contributed by atoms with Crippen molar-refractivity contribution in [3.63, 3.8) is 0 Å². The molecule has 1 heterocycles. The Kier molecular flexibility index (Phi) is 2.24. The number of urea groups is 1. The minimum absolute atomic E-state index is 0.162. The second kappa shape index (κ2) is 2.94. The molecule has 0 N–H and O–H groups in total. The monoisotopic (exact) mass is 182 g/mol. The molecule has 0 unspecified atom stereocenters. The van der Waals surface area contributed by atoms with Gasteiger partial charge in [-0.3, -0.25) is 9.69 Å². The van der Waals surface area contributed by atoms with Gasteiger partial charge in [0.05, 0.1) is 6.42 Å². The first kappa shape index (κ1) is 9.89. The number of amides is 3. The Morgan fingerprint density at radius 1 is 1.31 bits per heavy atom. The Hall–Kier alpha value is -1.19. The third-order valence-electron chi connectivity index (χ3n) is 1.81. The third-order valence-corrected chi connectivity index (χ3v) is 1.81. The average molecular weight is 182 g/mol. The van der Waals surface area contributed by atoms with Crippen molar-refractivity contribution >= 4 is 17.6 Å². The van der Waals surface area contributed by atoms with E-state index < -0.39 is 11.6 Å². The van der Waals surface area contributed by atoms with E-state index in [1.165, 1.54) is 4.90 Å². The summed E-state index contributed by atoms with van der Waals surface area (Å²) in [6.07, 6.45) is 0.253. The molecule has 0 spiro atoms. The lowest BCUT2D eigenvalue weighted by Crippen LogP contribution is -2.50. The number of carbonyl (C=O) groups is 2. The van der Waals surface area contributed by atoms with Crippen LogP contribution in [0.25, 0.3) is 0 Å². The number of rotatable bonds is 0. The van der Waals surface area contributed by atoms with Crippen molar-refractivity contribution in [1.29, 1.82) is 0 Å². The molecular formula is C9H14N2O2. The molecule has 0 bridgehead atoms. The molecule has 0 fully saturated rings. The summed E-state index contributed by atoms with van der Waals surface area (Å²) in [5.74, 6) is -0.162. The lowest BCUT2D eigenvalue weighted by atomic mass is 10.0. The Balaban J connectivity index is 3.01. The third kappa shape index (κ3) is 1.94. The molecule has 1 rings (SSSR count). The van der Waals surface area contributed by atoms with Crippen molar-refractivity contribution in [2.45, 2.75) is 39.7 Å².